The number of hydrogen-bond donors (Lipinski definition) is 1. The van der Waals surface area contributed by atoms with Crippen LogP contribution < -0.4 is 0 Å². The minimum absolute atomic E-state index is 0.316. The van der Waals surface area contributed by atoms with Crippen molar-refractivity contribution in [2.75, 3.05) is 0 Å². The van der Waals surface area contributed by atoms with Gasteiger partial charge in [0.1, 0.15) is 5.01 Å². The standard InChI is InChI=1S/C15H14N2O2S/c1-9-10(2)20-14(16-9)8-17-6-5-11-7-12(15(18)19)3-4-13(11)17/h3-7H,8H2,1-2H3,(H,18,19). The fraction of sp³-hybridized carbons (Fsp3) is 0.200. The Labute approximate surface area is 120 Å². The van der Waals surface area contributed by atoms with Crippen LogP contribution in [-0.4, -0.2) is 20.6 Å². The first kappa shape index (κ1) is 12.9. The molecule has 3 aromatic rings. The highest BCUT2D eigenvalue weighted by atomic mass is 32.1. The maximum absolute atomic E-state index is 11.0. The molecule has 4 nitrogen and oxygen atoms in total. The highest BCUT2D eigenvalue weighted by Gasteiger charge is 2.09. The van der Waals surface area contributed by atoms with E-state index in [0.717, 1.165) is 28.1 Å². The number of nitrogens with zero attached hydrogens (tertiary/aromatic N) is 2. The summed E-state index contributed by atoms with van der Waals surface area (Å²) < 4.78 is 2.10. The van der Waals surface area contributed by atoms with E-state index in [-0.39, 0.29) is 0 Å². The molecule has 0 spiro atoms. The van der Waals surface area contributed by atoms with Crippen LogP contribution in [0.3, 0.4) is 0 Å². The second-order valence-corrected chi connectivity index (χ2v) is 6.06. The third-order valence-electron chi connectivity index (χ3n) is 3.40. The van der Waals surface area contributed by atoms with E-state index in [1.165, 1.54) is 4.88 Å². The number of carboxylic acids is 1. The Morgan fingerprint density at radius 1 is 1.35 bits per heavy atom. The van der Waals surface area contributed by atoms with Crippen molar-refractivity contribution in [1.29, 1.82) is 0 Å². The van der Waals surface area contributed by atoms with E-state index in [2.05, 4.69) is 16.5 Å². The largest absolute Gasteiger partial charge is 0.478 e. The Balaban J connectivity index is 1.98. The fourth-order valence-electron chi connectivity index (χ4n) is 2.22. The van der Waals surface area contributed by atoms with Gasteiger partial charge in [-0.3, -0.25) is 0 Å². The topological polar surface area (TPSA) is 55.1 Å². The molecule has 20 heavy (non-hydrogen) atoms. The van der Waals surface area contributed by atoms with Gasteiger partial charge in [-0.15, -0.1) is 11.3 Å². The zero-order chi connectivity index (χ0) is 14.3. The number of aromatic carboxylic acids is 1. The molecule has 0 saturated heterocycles. The fourth-order valence-corrected chi connectivity index (χ4v) is 3.16. The van der Waals surface area contributed by atoms with Crippen molar-refractivity contribution in [3.05, 3.63) is 51.6 Å². The number of carboxylic acid groups (broad SMARTS) is 1. The van der Waals surface area contributed by atoms with Crippen LogP contribution in [0.25, 0.3) is 10.9 Å². The summed E-state index contributed by atoms with van der Waals surface area (Å²) in [6, 6.07) is 7.13. The maximum atomic E-state index is 11.0. The van der Waals surface area contributed by atoms with Crippen molar-refractivity contribution in [1.82, 2.24) is 9.55 Å². The number of aromatic nitrogens is 2. The molecule has 2 heterocycles. The SMILES string of the molecule is Cc1nc(Cn2ccc3cc(C(=O)O)ccc32)sc1C. The molecule has 0 saturated carbocycles. The molecule has 1 aromatic carbocycles. The van der Waals surface area contributed by atoms with Crippen LogP contribution in [0.15, 0.2) is 30.5 Å². The molecule has 3 rings (SSSR count). The first-order valence-corrected chi connectivity index (χ1v) is 7.11. The van der Waals surface area contributed by atoms with Gasteiger partial charge in [0.2, 0.25) is 0 Å². The molecular weight excluding hydrogens is 272 g/mol. The van der Waals surface area contributed by atoms with Crippen LogP contribution in [0.2, 0.25) is 0 Å². The van der Waals surface area contributed by atoms with Crippen molar-refractivity contribution in [3.8, 4) is 0 Å². The molecular formula is C15H14N2O2S. The lowest BCUT2D eigenvalue weighted by Crippen LogP contribution is -1.99. The minimum atomic E-state index is -0.897. The molecule has 0 aliphatic heterocycles. The zero-order valence-electron chi connectivity index (χ0n) is 11.3. The zero-order valence-corrected chi connectivity index (χ0v) is 12.1. The third-order valence-corrected chi connectivity index (χ3v) is 4.45. The van der Waals surface area contributed by atoms with Crippen molar-refractivity contribution < 1.29 is 9.90 Å². The molecule has 102 valence electrons. The number of thiazole rings is 1. The number of fused-ring (bicyclic) bond motifs is 1. The summed E-state index contributed by atoms with van der Waals surface area (Å²) in [4.78, 5) is 16.7. The number of carbonyl (C=O) groups is 1. The molecule has 0 bridgehead atoms. The van der Waals surface area contributed by atoms with Crippen LogP contribution in [0.4, 0.5) is 0 Å². The first-order chi connectivity index (χ1) is 9.54. The van der Waals surface area contributed by atoms with Gasteiger partial charge in [0.25, 0.3) is 0 Å². The second-order valence-electron chi connectivity index (χ2n) is 4.77. The Kier molecular flexibility index (Phi) is 3.06. The molecule has 0 fully saturated rings. The van der Waals surface area contributed by atoms with Crippen molar-refractivity contribution in [2.45, 2.75) is 20.4 Å². The summed E-state index contributed by atoms with van der Waals surface area (Å²) in [5.74, 6) is -0.897. The van der Waals surface area contributed by atoms with Gasteiger partial charge < -0.3 is 9.67 Å². The van der Waals surface area contributed by atoms with Crippen LogP contribution in [0.1, 0.15) is 25.9 Å². The minimum Gasteiger partial charge on any atom is -0.478 e. The summed E-state index contributed by atoms with van der Waals surface area (Å²) in [5.41, 5.74) is 2.42. The molecule has 5 heteroatoms. The van der Waals surface area contributed by atoms with Crippen molar-refractivity contribution in [2.24, 2.45) is 0 Å². The summed E-state index contributed by atoms with van der Waals surface area (Å²) >= 11 is 1.70. The quantitative estimate of drug-likeness (QED) is 0.802. The van der Waals surface area contributed by atoms with Crippen LogP contribution in [-0.2, 0) is 6.54 Å². The highest BCUT2D eigenvalue weighted by molar-refractivity contribution is 7.11. The van der Waals surface area contributed by atoms with Gasteiger partial charge in [0.05, 0.1) is 17.8 Å². The Morgan fingerprint density at radius 3 is 2.80 bits per heavy atom. The Morgan fingerprint density at radius 2 is 2.15 bits per heavy atom. The van der Waals surface area contributed by atoms with Gasteiger partial charge >= 0.3 is 5.97 Å². The average molecular weight is 286 g/mol. The lowest BCUT2D eigenvalue weighted by molar-refractivity contribution is 0.0697. The predicted octanol–water partition coefficient (Wildman–Crippen LogP) is 3.46. The second kappa shape index (κ2) is 4.76. The van der Waals surface area contributed by atoms with Gasteiger partial charge in [0, 0.05) is 22.0 Å². The van der Waals surface area contributed by atoms with Crippen molar-refractivity contribution in [3.63, 3.8) is 0 Å². The van der Waals surface area contributed by atoms with E-state index in [0.29, 0.717) is 5.56 Å². The summed E-state index contributed by atoms with van der Waals surface area (Å²) in [6.07, 6.45) is 1.97. The van der Waals surface area contributed by atoms with Gasteiger partial charge in [-0.25, -0.2) is 9.78 Å². The van der Waals surface area contributed by atoms with Crippen LogP contribution in [0.5, 0.6) is 0 Å². The highest BCUT2D eigenvalue weighted by Crippen LogP contribution is 2.22. The molecule has 0 amide bonds. The molecule has 1 N–H and O–H groups in total. The predicted molar refractivity (Wildman–Crippen MR) is 79.6 cm³/mol. The summed E-state index contributed by atoms with van der Waals surface area (Å²) in [5, 5.41) is 11.0. The van der Waals surface area contributed by atoms with Crippen molar-refractivity contribution >= 4 is 28.2 Å². The molecule has 0 unspecified atom stereocenters. The summed E-state index contributed by atoms with van der Waals surface area (Å²) in [7, 11) is 0. The molecule has 0 radical (unpaired) electrons. The van der Waals surface area contributed by atoms with E-state index in [9.17, 15) is 4.79 Å². The normalized spacial score (nSPS) is 11.1. The Bertz CT molecular complexity index is 782. The number of aryl methyl sites for hydroxylation is 2. The lowest BCUT2D eigenvalue weighted by atomic mass is 10.1. The van der Waals surface area contributed by atoms with E-state index in [1.807, 2.05) is 25.3 Å². The lowest BCUT2D eigenvalue weighted by Gasteiger charge is -2.03. The smallest absolute Gasteiger partial charge is 0.335 e. The number of hydrogen-bond acceptors (Lipinski definition) is 3. The van der Waals surface area contributed by atoms with Gasteiger partial charge in [-0.1, -0.05) is 0 Å². The third kappa shape index (κ3) is 2.20. The van der Waals surface area contributed by atoms with E-state index < -0.39 is 5.97 Å². The van der Waals surface area contributed by atoms with Gasteiger partial charge in [-0.05, 0) is 38.1 Å². The first-order valence-electron chi connectivity index (χ1n) is 6.29. The van der Waals surface area contributed by atoms with Gasteiger partial charge in [0.15, 0.2) is 0 Å². The number of rotatable bonds is 3. The van der Waals surface area contributed by atoms with Crippen LogP contribution >= 0.6 is 11.3 Å². The molecule has 0 aliphatic carbocycles. The average Bonchev–Trinajstić information content (AvgIpc) is 2.94. The van der Waals surface area contributed by atoms with E-state index in [1.54, 1.807) is 23.5 Å². The summed E-state index contributed by atoms with van der Waals surface area (Å²) in [6.45, 7) is 4.81. The molecule has 0 aliphatic rings. The van der Waals surface area contributed by atoms with E-state index >= 15 is 0 Å². The van der Waals surface area contributed by atoms with Crippen LogP contribution in [0, 0.1) is 13.8 Å². The van der Waals surface area contributed by atoms with Gasteiger partial charge in [-0.2, -0.15) is 0 Å². The molecule has 0 atom stereocenters. The maximum Gasteiger partial charge on any atom is 0.335 e. The number of benzene rings is 1. The monoisotopic (exact) mass is 286 g/mol. The molecule has 2 aromatic heterocycles. The van der Waals surface area contributed by atoms with E-state index in [4.69, 9.17) is 5.11 Å². The Hall–Kier alpha value is -2.14.